The molecule has 83 valence electrons. The van der Waals surface area contributed by atoms with Crippen LogP contribution in [-0.4, -0.2) is 5.11 Å². The van der Waals surface area contributed by atoms with Gasteiger partial charge in [0.15, 0.2) is 0 Å². The molecule has 0 radical (unpaired) electrons. The van der Waals surface area contributed by atoms with Gasteiger partial charge in [0.2, 0.25) is 0 Å². The van der Waals surface area contributed by atoms with Crippen molar-refractivity contribution in [2.75, 3.05) is 0 Å². The molecule has 0 spiro atoms. The van der Waals surface area contributed by atoms with Gasteiger partial charge in [0.05, 0.1) is 0 Å². The third kappa shape index (κ3) is 4.18. The standard InChI is InChI=1S/C12H18O.ClH.Ti/c1-8(2)10-6-5-7-11(9(3)4)12(10)13;;/h5-9,13H,1-4H3;1H;/q;;+1/p-1. The number of rotatable bonds is 2. The van der Waals surface area contributed by atoms with E-state index in [9.17, 15) is 5.11 Å². The first-order valence-electron chi connectivity index (χ1n) is 5.04. The van der Waals surface area contributed by atoms with Gasteiger partial charge < -0.3 is 5.11 Å². The molecule has 1 rings (SSSR count). The molecule has 0 saturated heterocycles. The van der Waals surface area contributed by atoms with E-state index in [1.807, 2.05) is 18.2 Å². The number of hydrogen-bond acceptors (Lipinski definition) is 1. The summed E-state index contributed by atoms with van der Waals surface area (Å²) in [4.78, 5) is 0. The fourth-order valence-corrected chi connectivity index (χ4v) is 1.51. The monoisotopic (exact) mass is 261 g/mol. The van der Waals surface area contributed by atoms with E-state index in [1.54, 1.807) is 0 Å². The summed E-state index contributed by atoms with van der Waals surface area (Å²) in [6.45, 7) is 8.39. The molecule has 0 unspecified atom stereocenters. The third-order valence-electron chi connectivity index (χ3n) is 2.34. The van der Waals surface area contributed by atoms with Crippen molar-refractivity contribution in [2.24, 2.45) is 0 Å². The van der Waals surface area contributed by atoms with E-state index < -0.39 is 0 Å². The Morgan fingerprint density at radius 1 is 1.00 bits per heavy atom. The Bertz CT molecular complexity index is 271. The summed E-state index contributed by atoms with van der Waals surface area (Å²) in [6, 6.07) is 6.00. The molecule has 0 amide bonds. The number of benzene rings is 1. The second-order valence-corrected chi connectivity index (χ2v) is 4.09. The summed E-state index contributed by atoms with van der Waals surface area (Å²) in [5.41, 5.74) is 2.09. The van der Waals surface area contributed by atoms with Crippen LogP contribution in [0, 0.1) is 0 Å². The van der Waals surface area contributed by atoms with Gasteiger partial charge in [0.1, 0.15) is 5.75 Å². The Hall–Kier alpha value is 0.0243. The van der Waals surface area contributed by atoms with E-state index in [0.717, 1.165) is 11.1 Å². The number of phenols is 1. The molecule has 0 atom stereocenters. The first kappa shape index (κ1) is 15.0. The summed E-state index contributed by atoms with van der Waals surface area (Å²) in [7, 11) is 4.64. The first-order chi connectivity index (χ1) is 7.04. The van der Waals surface area contributed by atoms with Gasteiger partial charge in [-0.25, -0.2) is 0 Å². The summed E-state index contributed by atoms with van der Waals surface area (Å²) < 4.78 is 0. The number of halogens is 1. The van der Waals surface area contributed by atoms with E-state index in [0.29, 0.717) is 17.6 Å². The van der Waals surface area contributed by atoms with Gasteiger partial charge in [0.25, 0.3) is 0 Å². The van der Waals surface area contributed by atoms with Crippen LogP contribution in [0.3, 0.4) is 0 Å². The zero-order valence-corrected chi connectivity index (χ0v) is 12.0. The molecule has 0 aliphatic rings. The molecule has 0 aliphatic carbocycles. The maximum absolute atomic E-state index is 9.93. The average Bonchev–Trinajstić information content (AvgIpc) is 2.20. The molecule has 0 heterocycles. The van der Waals surface area contributed by atoms with Crippen molar-refractivity contribution in [3.05, 3.63) is 29.3 Å². The van der Waals surface area contributed by atoms with Crippen LogP contribution in [0.1, 0.15) is 50.7 Å². The zero-order chi connectivity index (χ0) is 12.0. The molecule has 1 aromatic rings. The quantitative estimate of drug-likeness (QED) is 0.786. The molecule has 0 aliphatic heterocycles. The predicted octanol–water partition coefficient (Wildman–Crippen LogP) is 4.33. The molecule has 15 heavy (non-hydrogen) atoms. The molecule has 1 N–H and O–H groups in total. The fourth-order valence-electron chi connectivity index (χ4n) is 1.51. The Morgan fingerprint density at radius 2 is 1.33 bits per heavy atom. The van der Waals surface area contributed by atoms with Crippen LogP contribution in [0.5, 0.6) is 5.75 Å². The van der Waals surface area contributed by atoms with Crippen LogP contribution in [0.25, 0.3) is 0 Å². The van der Waals surface area contributed by atoms with Gasteiger partial charge in [-0.2, -0.15) is 0 Å². The van der Waals surface area contributed by atoms with E-state index in [4.69, 9.17) is 0 Å². The molecule has 1 aromatic carbocycles. The first-order valence-corrected chi connectivity index (χ1v) is 7.19. The van der Waals surface area contributed by atoms with Crippen LogP contribution in [0.15, 0.2) is 18.2 Å². The van der Waals surface area contributed by atoms with Crippen molar-refractivity contribution in [1.29, 1.82) is 0 Å². The topological polar surface area (TPSA) is 20.2 Å². The van der Waals surface area contributed by atoms with Gasteiger partial charge in [-0.15, -0.1) is 0 Å². The molecule has 0 bridgehead atoms. The van der Waals surface area contributed by atoms with Crippen LogP contribution < -0.4 is 0 Å². The van der Waals surface area contributed by atoms with Crippen LogP contribution >= 0.6 is 9.30 Å². The van der Waals surface area contributed by atoms with E-state index in [2.05, 4.69) is 37.0 Å². The van der Waals surface area contributed by atoms with Gasteiger partial charge in [0, 0.05) is 0 Å². The van der Waals surface area contributed by atoms with Gasteiger partial charge in [-0.05, 0) is 23.0 Å². The van der Waals surface area contributed by atoms with E-state index in [1.165, 1.54) is 19.4 Å². The Kier molecular flexibility index (Phi) is 7.33. The summed E-state index contributed by atoms with van der Waals surface area (Å²) in [5.74, 6) is 1.25. The van der Waals surface area contributed by atoms with Crippen molar-refractivity contribution >= 4 is 9.30 Å². The second-order valence-electron chi connectivity index (χ2n) is 4.09. The SMILES string of the molecule is CC(C)c1cccc(C(C)C)c1O.[Cl][Ti]. The van der Waals surface area contributed by atoms with Crippen molar-refractivity contribution in [2.45, 2.75) is 39.5 Å². The normalized spacial score (nSPS) is 10.0. The van der Waals surface area contributed by atoms with Crippen molar-refractivity contribution in [1.82, 2.24) is 0 Å². The average molecular weight is 262 g/mol. The minimum absolute atomic E-state index is 0.388. The number of phenolic OH excluding ortho intramolecular Hbond substituents is 1. The van der Waals surface area contributed by atoms with Crippen LogP contribution in [-0.2, 0) is 19.4 Å². The number of para-hydroxylation sites is 1. The molecular weight excluding hydrogens is 243 g/mol. The maximum atomic E-state index is 9.93. The fraction of sp³-hybridized carbons (Fsp3) is 0.500. The zero-order valence-electron chi connectivity index (χ0n) is 9.71. The van der Waals surface area contributed by atoms with E-state index >= 15 is 0 Å². The molecule has 0 fully saturated rings. The summed E-state index contributed by atoms with van der Waals surface area (Å²) in [6.07, 6.45) is 0. The second kappa shape index (κ2) is 7.32. The molecule has 3 heteroatoms. The van der Waals surface area contributed by atoms with Crippen LogP contribution in [0.4, 0.5) is 0 Å². The molecule has 1 nitrogen and oxygen atoms in total. The Labute approximate surface area is 108 Å². The van der Waals surface area contributed by atoms with E-state index in [-0.39, 0.29) is 0 Å². The van der Waals surface area contributed by atoms with Crippen molar-refractivity contribution in [3.8, 4) is 5.75 Å². The molecule has 0 saturated carbocycles. The van der Waals surface area contributed by atoms with Crippen molar-refractivity contribution in [3.63, 3.8) is 0 Å². The van der Waals surface area contributed by atoms with Gasteiger partial charge in [-0.3, -0.25) is 0 Å². The third-order valence-corrected chi connectivity index (χ3v) is 2.34. The summed E-state index contributed by atoms with van der Waals surface area (Å²) in [5, 5.41) is 9.93. The van der Waals surface area contributed by atoms with Gasteiger partial charge >= 0.3 is 28.7 Å². The molecule has 0 aromatic heterocycles. The Balaban J connectivity index is 0.000000921. The number of hydrogen-bond donors (Lipinski definition) is 1. The Morgan fingerprint density at radius 3 is 1.60 bits per heavy atom. The van der Waals surface area contributed by atoms with Crippen LogP contribution in [0.2, 0.25) is 0 Å². The molecular formula is C12H18ClOTi. The number of aromatic hydroxyl groups is 1. The van der Waals surface area contributed by atoms with Crippen molar-refractivity contribution < 1.29 is 24.5 Å². The minimum atomic E-state index is 0.388. The van der Waals surface area contributed by atoms with Gasteiger partial charge in [-0.1, -0.05) is 45.9 Å². The summed E-state index contributed by atoms with van der Waals surface area (Å²) >= 11 is 1.47. The predicted molar refractivity (Wildman–Crippen MR) is 62.1 cm³/mol.